The normalized spacial score (nSPS) is 10.2. The predicted octanol–water partition coefficient (Wildman–Crippen LogP) is 3.42. The summed E-state index contributed by atoms with van der Waals surface area (Å²) in [5.74, 6) is 0. The SMILES string of the molecule is N#Cc1nc(Br)cc(C(F)F)c1Br. The highest BCUT2D eigenvalue weighted by Crippen LogP contribution is 2.30. The monoisotopic (exact) mass is 310 g/mol. The van der Waals surface area contributed by atoms with Crippen molar-refractivity contribution in [2.45, 2.75) is 6.43 Å². The first-order valence-corrected chi connectivity index (χ1v) is 4.69. The van der Waals surface area contributed by atoms with Crippen molar-refractivity contribution in [1.82, 2.24) is 4.98 Å². The molecule has 0 fully saturated rings. The maximum absolute atomic E-state index is 12.3. The molecule has 0 saturated heterocycles. The molecule has 0 N–H and O–H groups in total. The Bertz CT molecular complexity index is 373. The van der Waals surface area contributed by atoms with Gasteiger partial charge in [-0.2, -0.15) is 5.26 Å². The Kier molecular flexibility index (Phi) is 3.33. The first-order chi connectivity index (χ1) is 6.06. The van der Waals surface area contributed by atoms with Crippen LogP contribution in [-0.2, 0) is 0 Å². The Morgan fingerprint density at radius 2 is 2.08 bits per heavy atom. The standard InChI is InChI=1S/C7H2Br2F2N2/c8-5-1-3(7(10)11)6(9)4(2-12)13-5/h1,7H. The molecule has 0 saturated carbocycles. The van der Waals surface area contributed by atoms with E-state index in [4.69, 9.17) is 5.26 Å². The lowest BCUT2D eigenvalue weighted by molar-refractivity contribution is 0.150. The Balaban J connectivity index is 3.38. The summed E-state index contributed by atoms with van der Waals surface area (Å²) in [4.78, 5) is 3.71. The van der Waals surface area contributed by atoms with Gasteiger partial charge in [0.1, 0.15) is 10.7 Å². The summed E-state index contributed by atoms with van der Waals surface area (Å²) in [6.07, 6.45) is -2.62. The number of hydrogen-bond donors (Lipinski definition) is 0. The van der Waals surface area contributed by atoms with Crippen LogP contribution in [-0.4, -0.2) is 4.98 Å². The first-order valence-electron chi connectivity index (χ1n) is 3.10. The van der Waals surface area contributed by atoms with Gasteiger partial charge in [0.25, 0.3) is 6.43 Å². The molecule has 0 aliphatic carbocycles. The minimum atomic E-state index is -2.62. The van der Waals surface area contributed by atoms with Crippen LogP contribution in [0.15, 0.2) is 15.1 Å². The zero-order valence-electron chi connectivity index (χ0n) is 6.06. The summed E-state index contributed by atoms with van der Waals surface area (Å²) in [5, 5.41) is 8.54. The Hall–Kier alpha value is -0.540. The molecule has 0 amide bonds. The highest BCUT2D eigenvalue weighted by Gasteiger charge is 2.16. The van der Waals surface area contributed by atoms with E-state index in [-0.39, 0.29) is 20.3 Å². The van der Waals surface area contributed by atoms with Crippen LogP contribution < -0.4 is 0 Å². The van der Waals surface area contributed by atoms with E-state index in [1.165, 1.54) is 6.07 Å². The zero-order valence-corrected chi connectivity index (χ0v) is 9.23. The van der Waals surface area contributed by atoms with E-state index in [1.807, 2.05) is 0 Å². The molecule has 0 unspecified atom stereocenters. The van der Waals surface area contributed by atoms with Gasteiger partial charge in [0.2, 0.25) is 0 Å². The summed E-state index contributed by atoms with van der Waals surface area (Å²) in [6, 6.07) is 2.89. The van der Waals surface area contributed by atoms with Crippen molar-refractivity contribution < 1.29 is 8.78 Å². The van der Waals surface area contributed by atoms with Gasteiger partial charge >= 0.3 is 0 Å². The average Bonchev–Trinajstić information content (AvgIpc) is 2.08. The minimum absolute atomic E-state index is 0.0493. The molecule has 0 radical (unpaired) electrons. The van der Waals surface area contributed by atoms with E-state index in [2.05, 4.69) is 36.8 Å². The van der Waals surface area contributed by atoms with Crippen LogP contribution in [0.2, 0.25) is 0 Å². The maximum atomic E-state index is 12.3. The lowest BCUT2D eigenvalue weighted by Crippen LogP contribution is -1.94. The second kappa shape index (κ2) is 4.11. The van der Waals surface area contributed by atoms with Gasteiger partial charge in [0, 0.05) is 5.56 Å². The second-order valence-electron chi connectivity index (χ2n) is 2.11. The molecule has 0 aliphatic rings. The number of pyridine rings is 1. The highest BCUT2D eigenvalue weighted by molar-refractivity contribution is 9.11. The number of nitriles is 1. The van der Waals surface area contributed by atoms with Crippen molar-refractivity contribution >= 4 is 31.9 Å². The lowest BCUT2D eigenvalue weighted by atomic mass is 10.2. The molecule has 6 heteroatoms. The molecule has 1 rings (SSSR count). The molecule has 2 nitrogen and oxygen atoms in total. The van der Waals surface area contributed by atoms with Crippen molar-refractivity contribution in [3.05, 3.63) is 26.4 Å². The van der Waals surface area contributed by atoms with Gasteiger partial charge < -0.3 is 0 Å². The second-order valence-corrected chi connectivity index (χ2v) is 3.71. The molecule has 13 heavy (non-hydrogen) atoms. The molecule has 1 aromatic rings. The van der Waals surface area contributed by atoms with Crippen LogP contribution in [0.25, 0.3) is 0 Å². The predicted molar refractivity (Wildman–Crippen MR) is 49.3 cm³/mol. The molecular weight excluding hydrogens is 310 g/mol. The van der Waals surface area contributed by atoms with Crippen molar-refractivity contribution in [2.24, 2.45) is 0 Å². The number of aromatic nitrogens is 1. The van der Waals surface area contributed by atoms with Gasteiger partial charge in [0.05, 0.1) is 4.47 Å². The van der Waals surface area contributed by atoms with Crippen molar-refractivity contribution in [3.63, 3.8) is 0 Å². The van der Waals surface area contributed by atoms with E-state index in [0.29, 0.717) is 0 Å². The van der Waals surface area contributed by atoms with Gasteiger partial charge in [-0.15, -0.1) is 0 Å². The van der Waals surface area contributed by atoms with E-state index in [0.717, 1.165) is 0 Å². The largest absolute Gasteiger partial charge is 0.265 e. The van der Waals surface area contributed by atoms with Crippen LogP contribution in [0.4, 0.5) is 8.78 Å². The maximum Gasteiger partial charge on any atom is 0.265 e. The molecule has 68 valence electrons. The van der Waals surface area contributed by atoms with E-state index >= 15 is 0 Å². The van der Waals surface area contributed by atoms with E-state index in [1.54, 1.807) is 6.07 Å². The summed E-state index contributed by atoms with van der Waals surface area (Å²) >= 11 is 5.83. The van der Waals surface area contributed by atoms with Crippen molar-refractivity contribution in [3.8, 4) is 6.07 Å². The third kappa shape index (κ3) is 2.23. The summed E-state index contributed by atoms with van der Waals surface area (Å²) in [5.41, 5.74) is -0.289. The lowest BCUT2D eigenvalue weighted by Gasteiger charge is -2.04. The highest BCUT2D eigenvalue weighted by atomic mass is 79.9. The van der Waals surface area contributed by atoms with Crippen LogP contribution in [0, 0.1) is 11.3 Å². The van der Waals surface area contributed by atoms with Gasteiger partial charge in [-0.3, -0.25) is 0 Å². The van der Waals surface area contributed by atoms with Crippen LogP contribution in [0.5, 0.6) is 0 Å². The fraction of sp³-hybridized carbons (Fsp3) is 0.143. The molecule has 0 spiro atoms. The average molecular weight is 312 g/mol. The summed E-state index contributed by atoms with van der Waals surface area (Å²) < 4.78 is 24.9. The molecule has 0 atom stereocenters. The Morgan fingerprint density at radius 1 is 1.46 bits per heavy atom. The van der Waals surface area contributed by atoms with Crippen molar-refractivity contribution in [2.75, 3.05) is 0 Å². The van der Waals surface area contributed by atoms with Gasteiger partial charge in [0.15, 0.2) is 5.69 Å². The molecular formula is C7H2Br2F2N2. The van der Waals surface area contributed by atoms with Gasteiger partial charge in [-0.05, 0) is 37.9 Å². The Labute approximate surface area is 89.8 Å². The third-order valence-corrected chi connectivity index (χ3v) is 2.54. The fourth-order valence-corrected chi connectivity index (χ4v) is 1.64. The first kappa shape index (κ1) is 10.5. The van der Waals surface area contributed by atoms with Gasteiger partial charge in [-0.1, -0.05) is 0 Å². The van der Waals surface area contributed by atoms with Crippen LogP contribution >= 0.6 is 31.9 Å². The third-order valence-electron chi connectivity index (χ3n) is 1.30. The van der Waals surface area contributed by atoms with Gasteiger partial charge in [-0.25, -0.2) is 13.8 Å². The molecule has 0 aromatic carbocycles. The van der Waals surface area contributed by atoms with Crippen molar-refractivity contribution in [1.29, 1.82) is 5.26 Å². The number of hydrogen-bond acceptors (Lipinski definition) is 2. The quantitative estimate of drug-likeness (QED) is 0.745. The van der Waals surface area contributed by atoms with Crippen LogP contribution in [0.3, 0.4) is 0 Å². The molecule has 0 aliphatic heterocycles. The number of rotatable bonds is 1. The summed E-state index contributed by atoms with van der Waals surface area (Å²) in [6.45, 7) is 0. The minimum Gasteiger partial charge on any atom is -0.229 e. The smallest absolute Gasteiger partial charge is 0.229 e. The number of alkyl halides is 2. The Morgan fingerprint density at radius 3 is 2.54 bits per heavy atom. The van der Waals surface area contributed by atoms with E-state index < -0.39 is 6.43 Å². The summed E-state index contributed by atoms with van der Waals surface area (Å²) in [7, 11) is 0. The topological polar surface area (TPSA) is 36.7 Å². The van der Waals surface area contributed by atoms with Crippen LogP contribution in [0.1, 0.15) is 17.7 Å². The molecule has 0 bridgehead atoms. The number of halogens is 4. The fourth-order valence-electron chi connectivity index (χ4n) is 0.749. The number of nitrogens with zero attached hydrogens (tertiary/aromatic N) is 2. The molecule has 1 heterocycles. The molecule has 1 aromatic heterocycles. The van der Waals surface area contributed by atoms with E-state index in [9.17, 15) is 8.78 Å². The zero-order chi connectivity index (χ0) is 10.0.